The number of hydrogen-bond donors (Lipinski definition) is 1. The summed E-state index contributed by atoms with van der Waals surface area (Å²) in [5.41, 5.74) is 1.55. The second-order valence-corrected chi connectivity index (χ2v) is 8.26. The number of rotatable bonds is 7. The van der Waals surface area contributed by atoms with Gasteiger partial charge in [0.15, 0.2) is 11.5 Å². The Hall–Kier alpha value is -4.63. The van der Waals surface area contributed by atoms with Crippen molar-refractivity contribution in [3.05, 3.63) is 94.0 Å². The molecular weight excluding hydrogens is 500 g/mol. The fourth-order valence-electron chi connectivity index (χ4n) is 3.56. The fraction of sp³-hybridized carbons (Fsp3) is 0.111. The van der Waals surface area contributed by atoms with Gasteiger partial charge in [0.05, 0.1) is 25.5 Å². The van der Waals surface area contributed by atoms with E-state index in [2.05, 4.69) is 10.1 Å². The van der Waals surface area contributed by atoms with Crippen LogP contribution in [0.3, 0.4) is 0 Å². The van der Waals surface area contributed by atoms with Gasteiger partial charge in [0.25, 0.3) is 11.8 Å². The molecule has 0 unspecified atom stereocenters. The van der Waals surface area contributed by atoms with Gasteiger partial charge >= 0.3 is 12.0 Å². The molecule has 37 heavy (non-hydrogen) atoms. The van der Waals surface area contributed by atoms with Gasteiger partial charge in [-0.1, -0.05) is 29.8 Å². The lowest BCUT2D eigenvalue weighted by Crippen LogP contribution is -2.54. The van der Waals surface area contributed by atoms with Crippen LogP contribution in [-0.2, 0) is 20.9 Å². The van der Waals surface area contributed by atoms with Crippen LogP contribution in [0, 0.1) is 0 Å². The second-order valence-electron chi connectivity index (χ2n) is 7.82. The number of nitrogens with zero attached hydrogens (tertiary/aromatic N) is 1. The second kappa shape index (κ2) is 11.0. The smallest absolute Gasteiger partial charge is 0.337 e. The number of benzene rings is 3. The molecule has 1 aliphatic heterocycles. The van der Waals surface area contributed by atoms with Crippen molar-refractivity contribution in [3.8, 4) is 11.5 Å². The Morgan fingerprint density at radius 3 is 2.30 bits per heavy atom. The molecule has 4 rings (SSSR count). The third-order valence-corrected chi connectivity index (χ3v) is 5.71. The van der Waals surface area contributed by atoms with Crippen LogP contribution in [0.25, 0.3) is 6.08 Å². The minimum Gasteiger partial charge on any atom is -0.493 e. The van der Waals surface area contributed by atoms with Crippen LogP contribution in [-0.4, -0.2) is 38.0 Å². The lowest BCUT2D eigenvalue weighted by molar-refractivity contribution is -0.122. The molecule has 3 aromatic carbocycles. The molecule has 1 aliphatic rings. The number of carbonyl (C=O) groups is 4. The topological polar surface area (TPSA) is 111 Å². The number of esters is 1. The molecule has 188 valence electrons. The molecule has 0 atom stereocenters. The first kappa shape index (κ1) is 25.5. The van der Waals surface area contributed by atoms with Crippen molar-refractivity contribution in [1.82, 2.24) is 5.32 Å². The number of carbonyl (C=O) groups excluding carboxylic acids is 4. The summed E-state index contributed by atoms with van der Waals surface area (Å²) in [5, 5.41) is 2.79. The number of anilines is 1. The first-order valence-corrected chi connectivity index (χ1v) is 11.3. The number of methoxy groups -OCH3 is 2. The molecule has 0 aliphatic carbocycles. The highest BCUT2D eigenvalue weighted by Crippen LogP contribution is 2.31. The van der Waals surface area contributed by atoms with Gasteiger partial charge in [0.1, 0.15) is 12.2 Å². The predicted octanol–water partition coefficient (Wildman–Crippen LogP) is 4.38. The molecule has 1 saturated heterocycles. The Morgan fingerprint density at radius 1 is 0.946 bits per heavy atom. The summed E-state index contributed by atoms with van der Waals surface area (Å²) >= 11 is 5.91. The van der Waals surface area contributed by atoms with E-state index in [0.717, 1.165) is 10.5 Å². The molecule has 1 heterocycles. The van der Waals surface area contributed by atoms with Gasteiger partial charge in [-0.25, -0.2) is 14.5 Å². The van der Waals surface area contributed by atoms with Crippen molar-refractivity contribution in [2.45, 2.75) is 6.61 Å². The number of hydrogen-bond acceptors (Lipinski definition) is 7. The van der Waals surface area contributed by atoms with Crippen LogP contribution in [0.2, 0.25) is 5.02 Å². The summed E-state index contributed by atoms with van der Waals surface area (Å²) in [6.45, 7) is 0.278. The molecule has 0 radical (unpaired) electrons. The number of nitrogens with one attached hydrogen (secondary N) is 1. The molecule has 10 heteroatoms. The van der Waals surface area contributed by atoms with Gasteiger partial charge in [-0.3, -0.25) is 14.9 Å². The quantitative estimate of drug-likeness (QED) is 0.279. The highest BCUT2D eigenvalue weighted by molar-refractivity contribution is 6.39. The first-order valence-electron chi connectivity index (χ1n) is 11.0. The van der Waals surface area contributed by atoms with Crippen LogP contribution in [0.15, 0.2) is 72.3 Å². The van der Waals surface area contributed by atoms with Gasteiger partial charge in [-0.2, -0.15) is 0 Å². The highest BCUT2D eigenvalue weighted by Gasteiger charge is 2.36. The van der Waals surface area contributed by atoms with Gasteiger partial charge in [0.2, 0.25) is 0 Å². The van der Waals surface area contributed by atoms with Crippen molar-refractivity contribution >= 4 is 47.2 Å². The van der Waals surface area contributed by atoms with E-state index >= 15 is 0 Å². The summed E-state index contributed by atoms with van der Waals surface area (Å²) in [4.78, 5) is 50.6. The maximum absolute atomic E-state index is 13.1. The Balaban J connectivity index is 1.57. The molecule has 0 saturated carbocycles. The Labute approximate surface area is 217 Å². The van der Waals surface area contributed by atoms with Crippen molar-refractivity contribution in [3.63, 3.8) is 0 Å². The Kier molecular flexibility index (Phi) is 7.55. The zero-order valence-electron chi connectivity index (χ0n) is 19.8. The van der Waals surface area contributed by atoms with Crippen LogP contribution >= 0.6 is 11.6 Å². The van der Waals surface area contributed by atoms with Gasteiger partial charge in [0, 0.05) is 5.02 Å². The molecule has 0 bridgehead atoms. The van der Waals surface area contributed by atoms with E-state index in [1.807, 2.05) is 12.1 Å². The van der Waals surface area contributed by atoms with Crippen LogP contribution in [0.1, 0.15) is 21.5 Å². The molecule has 1 fully saturated rings. The maximum Gasteiger partial charge on any atom is 0.337 e. The van der Waals surface area contributed by atoms with Crippen molar-refractivity contribution < 1.29 is 33.4 Å². The summed E-state index contributed by atoms with van der Waals surface area (Å²) in [5.74, 6) is -1.37. The summed E-state index contributed by atoms with van der Waals surface area (Å²) < 4.78 is 15.9. The van der Waals surface area contributed by atoms with E-state index in [9.17, 15) is 19.2 Å². The van der Waals surface area contributed by atoms with Gasteiger partial charge < -0.3 is 14.2 Å². The minimum absolute atomic E-state index is 0.178. The van der Waals surface area contributed by atoms with Crippen molar-refractivity contribution in [2.75, 3.05) is 19.1 Å². The van der Waals surface area contributed by atoms with E-state index in [0.29, 0.717) is 22.1 Å². The SMILES string of the molecule is COC(=O)c1ccc(N2C(=O)NC(=O)/C(=C\c3ccc(OCc4ccc(Cl)cc4)c(OC)c3)C2=O)cc1. The molecule has 9 nitrogen and oxygen atoms in total. The van der Waals surface area contributed by atoms with Crippen molar-refractivity contribution in [2.24, 2.45) is 0 Å². The van der Waals surface area contributed by atoms with Crippen molar-refractivity contribution in [1.29, 1.82) is 0 Å². The number of imide groups is 2. The average molecular weight is 521 g/mol. The number of barbiturate groups is 1. The number of urea groups is 1. The van der Waals surface area contributed by atoms with E-state index in [4.69, 9.17) is 21.1 Å². The number of ether oxygens (including phenoxy) is 3. The zero-order valence-corrected chi connectivity index (χ0v) is 20.6. The first-order chi connectivity index (χ1) is 17.8. The average Bonchev–Trinajstić information content (AvgIpc) is 2.90. The maximum atomic E-state index is 13.1. The number of amides is 4. The summed E-state index contributed by atoms with van der Waals surface area (Å²) in [6.07, 6.45) is 1.35. The number of halogens is 1. The molecule has 1 N–H and O–H groups in total. The predicted molar refractivity (Wildman–Crippen MR) is 136 cm³/mol. The lowest BCUT2D eigenvalue weighted by atomic mass is 10.1. The minimum atomic E-state index is -0.901. The fourth-order valence-corrected chi connectivity index (χ4v) is 3.68. The zero-order chi connectivity index (χ0) is 26.5. The third-order valence-electron chi connectivity index (χ3n) is 5.45. The largest absolute Gasteiger partial charge is 0.493 e. The third kappa shape index (κ3) is 5.62. The standard InChI is InChI=1S/C27H21ClN2O7/c1-35-23-14-17(5-12-22(23)37-15-16-3-8-19(28)9-4-16)13-21-24(31)29-27(34)30(25(21)32)20-10-6-18(7-11-20)26(33)36-2/h3-14H,15H2,1-2H3,(H,29,31,34)/b21-13+. The Morgan fingerprint density at radius 2 is 1.65 bits per heavy atom. The Bertz CT molecular complexity index is 1400. The molecule has 4 amide bonds. The van der Waals surface area contributed by atoms with Gasteiger partial charge in [-0.15, -0.1) is 0 Å². The molecule has 0 spiro atoms. The summed E-state index contributed by atoms with van der Waals surface area (Å²) in [7, 11) is 2.71. The van der Waals surface area contributed by atoms with Crippen LogP contribution in [0.5, 0.6) is 11.5 Å². The van der Waals surface area contributed by atoms with E-state index in [1.165, 1.54) is 44.6 Å². The molecule has 3 aromatic rings. The van der Waals surface area contributed by atoms with Gasteiger partial charge in [-0.05, 0) is 65.7 Å². The molecule has 0 aromatic heterocycles. The van der Waals surface area contributed by atoms with Crippen LogP contribution < -0.4 is 19.7 Å². The molecular formula is C27H21ClN2O7. The van der Waals surface area contributed by atoms with E-state index in [1.54, 1.807) is 30.3 Å². The van der Waals surface area contributed by atoms with E-state index in [-0.39, 0.29) is 23.4 Å². The van der Waals surface area contributed by atoms with Crippen LogP contribution in [0.4, 0.5) is 10.5 Å². The monoisotopic (exact) mass is 520 g/mol. The summed E-state index contributed by atoms with van der Waals surface area (Å²) in [6, 6.07) is 16.9. The lowest BCUT2D eigenvalue weighted by Gasteiger charge is -2.26. The normalized spacial score (nSPS) is 14.4. The highest BCUT2D eigenvalue weighted by atomic mass is 35.5. The van der Waals surface area contributed by atoms with E-state index < -0.39 is 23.8 Å².